The summed E-state index contributed by atoms with van der Waals surface area (Å²) in [6, 6.07) is 6.69. The molecule has 0 radical (unpaired) electrons. The molecule has 0 saturated carbocycles. The molecule has 100 valence electrons. The third-order valence-electron chi connectivity index (χ3n) is 3.71. The summed E-state index contributed by atoms with van der Waals surface area (Å²) in [6.45, 7) is 10.6. The van der Waals surface area contributed by atoms with Gasteiger partial charge in [-0.15, -0.1) is 0 Å². The van der Waals surface area contributed by atoms with Crippen molar-refractivity contribution in [3.05, 3.63) is 29.3 Å². The van der Waals surface area contributed by atoms with Gasteiger partial charge in [0.15, 0.2) is 0 Å². The molecule has 3 nitrogen and oxygen atoms in total. The summed E-state index contributed by atoms with van der Waals surface area (Å²) in [5.74, 6) is 0. The van der Waals surface area contributed by atoms with Crippen molar-refractivity contribution >= 4 is 5.69 Å². The summed E-state index contributed by atoms with van der Waals surface area (Å²) < 4.78 is 0. The third-order valence-corrected chi connectivity index (χ3v) is 3.71. The van der Waals surface area contributed by atoms with Crippen molar-refractivity contribution in [2.75, 3.05) is 24.6 Å². The quantitative estimate of drug-likeness (QED) is 0.838. The highest BCUT2D eigenvalue weighted by molar-refractivity contribution is 5.56. The maximum Gasteiger partial charge on any atom is 0.0647 e. The predicted molar refractivity (Wildman–Crippen MR) is 76.2 cm³/mol. The fourth-order valence-electron chi connectivity index (χ4n) is 2.59. The SMILES string of the molecule is Cc1ccc(C)c(N2CC(C)(C)NCC2CO)c1. The average molecular weight is 248 g/mol. The highest BCUT2D eigenvalue weighted by atomic mass is 16.3. The molecular formula is C15H24N2O. The van der Waals surface area contributed by atoms with Crippen LogP contribution in [-0.2, 0) is 0 Å². The maximum absolute atomic E-state index is 9.57. The van der Waals surface area contributed by atoms with Crippen LogP contribution in [0.15, 0.2) is 18.2 Å². The molecule has 1 aromatic carbocycles. The van der Waals surface area contributed by atoms with Crippen LogP contribution in [0.5, 0.6) is 0 Å². The van der Waals surface area contributed by atoms with Crippen LogP contribution in [-0.4, -0.2) is 36.4 Å². The van der Waals surface area contributed by atoms with Crippen molar-refractivity contribution in [1.29, 1.82) is 0 Å². The van der Waals surface area contributed by atoms with E-state index in [1.165, 1.54) is 16.8 Å². The van der Waals surface area contributed by atoms with Gasteiger partial charge in [0.2, 0.25) is 0 Å². The molecule has 1 aromatic rings. The zero-order valence-corrected chi connectivity index (χ0v) is 11.8. The van der Waals surface area contributed by atoms with Gasteiger partial charge in [0.1, 0.15) is 0 Å². The number of anilines is 1. The molecule has 1 atom stereocenters. The van der Waals surface area contributed by atoms with Gasteiger partial charge in [-0.05, 0) is 44.9 Å². The third kappa shape index (κ3) is 2.68. The normalized spacial score (nSPS) is 23.2. The van der Waals surface area contributed by atoms with E-state index in [4.69, 9.17) is 0 Å². The van der Waals surface area contributed by atoms with Crippen LogP contribution < -0.4 is 10.2 Å². The Bertz CT molecular complexity index is 429. The van der Waals surface area contributed by atoms with E-state index in [9.17, 15) is 5.11 Å². The number of rotatable bonds is 2. The van der Waals surface area contributed by atoms with E-state index >= 15 is 0 Å². The average Bonchev–Trinajstić information content (AvgIpc) is 2.31. The minimum absolute atomic E-state index is 0.0852. The van der Waals surface area contributed by atoms with Crippen molar-refractivity contribution in [3.63, 3.8) is 0 Å². The van der Waals surface area contributed by atoms with Gasteiger partial charge < -0.3 is 15.3 Å². The monoisotopic (exact) mass is 248 g/mol. The lowest BCUT2D eigenvalue weighted by Gasteiger charge is -2.46. The Kier molecular flexibility index (Phi) is 3.64. The van der Waals surface area contributed by atoms with E-state index in [-0.39, 0.29) is 18.2 Å². The molecule has 3 heteroatoms. The minimum Gasteiger partial charge on any atom is -0.394 e. The summed E-state index contributed by atoms with van der Waals surface area (Å²) in [5.41, 5.74) is 3.88. The minimum atomic E-state index is 0.0852. The molecule has 1 saturated heterocycles. The first-order chi connectivity index (χ1) is 8.43. The van der Waals surface area contributed by atoms with Crippen LogP contribution in [0.2, 0.25) is 0 Å². The van der Waals surface area contributed by atoms with Crippen LogP contribution in [0.3, 0.4) is 0 Å². The fraction of sp³-hybridized carbons (Fsp3) is 0.600. The van der Waals surface area contributed by atoms with Gasteiger partial charge in [0.05, 0.1) is 12.6 Å². The second-order valence-electron chi connectivity index (χ2n) is 6.02. The number of aryl methyl sites for hydroxylation is 2. The number of hydrogen-bond acceptors (Lipinski definition) is 3. The molecule has 2 N–H and O–H groups in total. The predicted octanol–water partition coefficient (Wildman–Crippen LogP) is 1.85. The number of piperazine rings is 1. The lowest BCUT2D eigenvalue weighted by molar-refractivity contribution is 0.214. The number of nitrogens with one attached hydrogen (secondary N) is 1. The number of aliphatic hydroxyl groups is 1. The van der Waals surface area contributed by atoms with Crippen molar-refractivity contribution < 1.29 is 5.11 Å². The molecule has 1 heterocycles. The van der Waals surface area contributed by atoms with E-state index in [0.717, 1.165) is 13.1 Å². The van der Waals surface area contributed by atoms with Gasteiger partial charge in [-0.1, -0.05) is 12.1 Å². The summed E-state index contributed by atoms with van der Waals surface area (Å²) in [4.78, 5) is 2.35. The summed E-state index contributed by atoms with van der Waals surface area (Å²) in [6.07, 6.45) is 0. The Morgan fingerprint density at radius 3 is 2.78 bits per heavy atom. The maximum atomic E-state index is 9.57. The molecule has 0 bridgehead atoms. The lowest BCUT2D eigenvalue weighted by atomic mass is 9.97. The van der Waals surface area contributed by atoms with Crippen LogP contribution >= 0.6 is 0 Å². The smallest absolute Gasteiger partial charge is 0.0647 e. The van der Waals surface area contributed by atoms with Gasteiger partial charge >= 0.3 is 0 Å². The Morgan fingerprint density at radius 1 is 1.39 bits per heavy atom. The van der Waals surface area contributed by atoms with Gasteiger partial charge in [-0.3, -0.25) is 0 Å². The summed E-state index contributed by atoms with van der Waals surface area (Å²) in [5, 5.41) is 13.1. The lowest BCUT2D eigenvalue weighted by Crippen LogP contribution is -2.63. The second-order valence-corrected chi connectivity index (χ2v) is 6.02. The highest BCUT2D eigenvalue weighted by Crippen LogP contribution is 2.27. The Hall–Kier alpha value is -1.06. The molecule has 1 aliphatic heterocycles. The zero-order chi connectivity index (χ0) is 13.3. The van der Waals surface area contributed by atoms with Crippen molar-refractivity contribution in [2.24, 2.45) is 0 Å². The Morgan fingerprint density at radius 2 is 2.11 bits per heavy atom. The molecule has 0 spiro atoms. The van der Waals surface area contributed by atoms with Gasteiger partial charge in [-0.25, -0.2) is 0 Å². The Balaban J connectivity index is 2.35. The number of aliphatic hydroxyl groups excluding tert-OH is 1. The van der Waals surface area contributed by atoms with Gasteiger partial charge in [0, 0.05) is 24.3 Å². The molecule has 1 aliphatic rings. The number of hydrogen-bond donors (Lipinski definition) is 2. The van der Waals surface area contributed by atoms with Crippen molar-refractivity contribution in [2.45, 2.75) is 39.3 Å². The summed E-state index contributed by atoms with van der Waals surface area (Å²) >= 11 is 0. The largest absolute Gasteiger partial charge is 0.394 e. The molecule has 0 aliphatic carbocycles. The van der Waals surface area contributed by atoms with E-state index < -0.39 is 0 Å². The molecule has 18 heavy (non-hydrogen) atoms. The molecular weight excluding hydrogens is 224 g/mol. The van der Waals surface area contributed by atoms with Crippen molar-refractivity contribution in [3.8, 4) is 0 Å². The summed E-state index contributed by atoms with van der Waals surface area (Å²) in [7, 11) is 0. The fourth-order valence-corrected chi connectivity index (χ4v) is 2.59. The van der Waals surface area contributed by atoms with Gasteiger partial charge in [-0.2, -0.15) is 0 Å². The zero-order valence-electron chi connectivity index (χ0n) is 11.8. The first kappa shape index (κ1) is 13.4. The number of nitrogens with zero attached hydrogens (tertiary/aromatic N) is 1. The topological polar surface area (TPSA) is 35.5 Å². The van der Waals surface area contributed by atoms with Crippen LogP contribution in [0.25, 0.3) is 0 Å². The molecule has 0 aromatic heterocycles. The highest BCUT2D eigenvalue weighted by Gasteiger charge is 2.32. The van der Waals surface area contributed by atoms with Gasteiger partial charge in [0.25, 0.3) is 0 Å². The van der Waals surface area contributed by atoms with E-state index in [0.29, 0.717) is 0 Å². The van der Waals surface area contributed by atoms with Crippen molar-refractivity contribution in [1.82, 2.24) is 5.32 Å². The van der Waals surface area contributed by atoms with E-state index in [1.807, 2.05) is 0 Å². The molecule has 0 amide bonds. The van der Waals surface area contributed by atoms with Crippen LogP contribution in [0.1, 0.15) is 25.0 Å². The van der Waals surface area contributed by atoms with E-state index in [1.54, 1.807) is 0 Å². The van der Waals surface area contributed by atoms with Crippen LogP contribution in [0.4, 0.5) is 5.69 Å². The van der Waals surface area contributed by atoms with Crippen LogP contribution in [0, 0.1) is 13.8 Å². The second kappa shape index (κ2) is 4.90. The molecule has 1 fully saturated rings. The first-order valence-electron chi connectivity index (χ1n) is 6.63. The number of benzene rings is 1. The van der Waals surface area contributed by atoms with E-state index in [2.05, 4.69) is 56.1 Å². The molecule has 2 rings (SSSR count). The Labute approximate surface area is 110 Å². The standard InChI is InChI=1S/C15H24N2O/c1-11-5-6-12(2)14(7-11)17-10-15(3,4)16-8-13(17)9-18/h5-7,13,16,18H,8-10H2,1-4H3. The molecule has 1 unspecified atom stereocenters. The first-order valence-corrected chi connectivity index (χ1v) is 6.63.